The summed E-state index contributed by atoms with van der Waals surface area (Å²) in [6.45, 7) is 3.91. The van der Waals surface area contributed by atoms with Crippen molar-refractivity contribution >= 4 is 16.8 Å². The van der Waals surface area contributed by atoms with Crippen LogP contribution in [0.15, 0.2) is 30.5 Å². The molecule has 1 aliphatic carbocycles. The molecule has 1 saturated carbocycles. The second kappa shape index (κ2) is 10.5. The summed E-state index contributed by atoms with van der Waals surface area (Å²) in [7, 11) is 1.89. The molecule has 5 heteroatoms. The first-order chi connectivity index (χ1) is 13.2. The minimum atomic E-state index is 0.0998. The van der Waals surface area contributed by atoms with E-state index in [1.54, 1.807) is 0 Å². The van der Waals surface area contributed by atoms with E-state index in [1.165, 1.54) is 32.1 Å². The number of nitrogens with one attached hydrogen (secondary N) is 3. The van der Waals surface area contributed by atoms with Crippen LogP contribution in [-0.2, 0) is 0 Å². The Morgan fingerprint density at radius 1 is 1.11 bits per heavy atom. The predicted octanol–water partition coefficient (Wildman–Crippen LogP) is 3.53. The van der Waals surface area contributed by atoms with E-state index in [4.69, 9.17) is 0 Å². The number of hydrogen-bond donors (Lipinski definition) is 3. The van der Waals surface area contributed by atoms with Gasteiger partial charge in [0, 0.05) is 55.4 Å². The van der Waals surface area contributed by atoms with Crippen LogP contribution < -0.4 is 10.6 Å². The standard InChI is InChI=1S/C22H34N4O/c1-26(22(27)19-9-10-21-18(17-19)11-13-25-21)16-6-5-12-23-14-15-24-20-7-3-2-4-8-20/h9-11,13,17,20,23-25H,2-8,12,14-16H2,1H3. The van der Waals surface area contributed by atoms with E-state index < -0.39 is 0 Å². The van der Waals surface area contributed by atoms with E-state index in [2.05, 4.69) is 15.6 Å². The van der Waals surface area contributed by atoms with Crippen molar-refractivity contribution in [1.29, 1.82) is 0 Å². The largest absolute Gasteiger partial charge is 0.361 e. The lowest BCUT2D eigenvalue weighted by atomic mass is 9.95. The molecule has 1 heterocycles. The van der Waals surface area contributed by atoms with E-state index in [9.17, 15) is 4.79 Å². The van der Waals surface area contributed by atoms with Crippen molar-refractivity contribution in [2.75, 3.05) is 33.2 Å². The van der Waals surface area contributed by atoms with Crippen LogP contribution in [0.3, 0.4) is 0 Å². The first-order valence-electron chi connectivity index (χ1n) is 10.5. The molecule has 0 saturated heterocycles. The summed E-state index contributed by atoms with van der Waals surface area (Å²) in [5.74, 6) is 0.0998. The van der Waals surface area contributed by atoms with Gasteiger partial charge in [-0.2, -0.15) is 0 Å². The molecule has 0 unspecified atom stereocenters. The van der Waals surface area contributed by atoms with E-state index in [0.717, 1.165) is 61.5 Å². The number of fused-ring (bicyclic) bond motifs is 1. The van der Waals surface area contributed by atoms with Gasteiger partial charge in [-0.1, -0.05) is 19.3 Å². The molecule has 1 amide bonds. The van der Waals surface area contributed by atoms with Crippen LogP contribution >= 0.6 is 0 Å². The zero-order valence-corrected chi connectivity index (χ0v) is 16.6. The molecule has 3 rings (SSSR count). The molecule has 0 atom stereocenters. The Bertz CT molecular complexity index is 705. The second-order valence-electron chi connectivity index (χ2n) is 7.75. The zero-order valence-electron chi connectivity index (χ0n) is 16.6. The molecule has 0 bridgehead atoms. The second-order valence-corrected chi connectivity index (χ2v) is 7.75. The lowest BCUT2D eigenvalue weighted by Crippen LogP contribution is -2.36. The molecule has 1 aromatic carbocycles. The minimum absolute atomic E-state index is 0.0998. The molecular formula is C22H34N4O. The van der Waals surface area contributed by atoms with Crippen LogP contribution in [-0.4, -0.2) is 55.1 Å². The quantitative estimate of drug-likeness (QED) is 0.561. The van der Waals surface area contributed by atoms with Crippen LogP contribution in [0, 0.1) is 0 Å². The van der Waals surface area contributed by atoms with Gasteiger partial charge >= 0.3 is 0 Å². The van der Waals surface area contributed by atoms with Gasteiger partial charge in [0.05, 0.1) is 0 Å². The summed E-state index contributed by atoms with van der Waals surface area (Å²) in [6, 6.07) is 8.58. The van der Waals surface area contributed by atoms with Crippen LogP contribution in [0.4, 0.5) is 0 Å². The van der Waals surface area contributed by atoms with E-state index >= 15 is 0 Å². The highest BCUT2D eigenvalue weighted by Gasteiger charge is 2.12. The maximum atomic E-state index is 12.6. The summed E-state index contributed by atoms with van der Waals surface area (Å²) in [5.41, 5.74) is 1.83. The summed E-state index contributed by atoms with van der Waals surface area (Å²) in [6.07, 6.45) is 10.9. The Balaban J connectivity index is 1.25. The number of rotatable bonds is 10. The summed E-state index contributed by atoms with van der Waals surface area (Å²) >= 11 is 0. The van der Waals surface area contributed by atoms with Gasteiger partial charge in [-0.15, -0.1) is 0 Å². The number of hydrogen-bond acceptors (Lipinski definition) is 3. The van der Waals surface area contributed by atoms with Crippen molar-refractivity contribution in [2.24, 2.45) is 0 Å². The van der Waals surface area contributed by atoms with Gasteiger partial charge in [0.1, 0.15) is 0 Å². The molecule has 148 valence electrons. The van der Waals surface area contributed by atoms with Crippen molar-refractivity contribution in [3.8, 4) is 0 Å². The third kappa shape index (κ3) is 6.08. The molecule has 1 aromatic heterocycles. The highest BCUT2D eigenvalue weighted by atomic mass is 16.2. The Morgan fingerprint density at radius 2 is 1.96 bits per heavy atom. The van der Waals surface area contributed by atoms with Crippen LogP contribution in [0.5, 0.6) is 0 Å². The number of unbranched alkanes of at least 4 members (excludes halogenated alkanes) is 1. The number of amides is 1. The molecule has 3 N–H and O–H groups in total. The molecule has 27 heavy (non-hydrogen) atoms. The number of aromatic nitrogens is 1. The number of carbonyl (C=O) groups is 1. The SMILES string of the molecule is CN(CCCCNCCNC1CCCCC1)C(=O)c1ccc2[nH]ccc2c1. The number of nitrogens with zero attached hydrogens (tertiary/aromatic N) is 1. The van der Waals surface area contributed by atoms with Crippen molar-refractivity contribution < 1.29 is 4.79 Å². The Hall–Kier alpha value is -1.85. The molecule has 0 aliphatic heterocycles. The predicted molar refractivity (Wildman–Crippen MR) is 112 cm³/mol. The lowest BCUT2D eigenvalue weighted by molar-refractivity contribution is 0.0793. The first kappa shape index (κ1) is 19.9. The minimum Gasteiger partial charge on any atom is -0.361 e. The first-order valence-corrected chi connectivity index (χ1v) is 10.5. The van der Waals surface area contributed by atoms with Crippen molar-refractivity contribution in [3.05, 3.63) is 36.0 Å². The number of carbonyl (C=O) groups excluding carboxylic acids is 1. The highest BCUT2D eigenvalue weighted by molar-refractivity contribution is 5.97. The third-order valence-electron chi connectivity index (χ3n) is 5.58. The summed E-state index contributed by atoms with van der Waals surface area (Å²) in [4.78, 5) is 17.5. The van der Waals surface area contributed by atoms with Crippen LogP contribution in [0.2, 0.25) is 0 Å². The van der Waals surface area contributed by atoms with Crippen molar-refractivity contribution in [2.45, 2.75) is 51.0 Å². The van der Waals surface area contributed by atoms with Gasteiger partial charge in [-0.05, 0) is 56.5 Å². The Kier molecular flexibility index (Phi) is 7.72. The third-order valence-corrected chi connectivity index (χ3v) is 5.58. The molecule has 1 aliphatic rings. The smallest absolute Gasteiger partial charge is 0.253 e. The Labute approximate surface area is 162 Å². The fraction of sp³-hybridized carbons (Fsp3) is 0.591. The van der Waals surface area contributed by atoms with Crippen molar-refractivity contribution in [1.82, 2.24) is 20.5 Å². The fourth-order valence-electron chi connectivity index (χ4n) is 3.90. The van der Waals surface area contributed by atoms with E-state index in [0.29, 0.717) is 0 Å². The average molecular weight is 371 g/mol. The van der Waals surface area contributed by atoms with Crippen LogP contribution in [0.25, 0.3) is 10.9 Å². The molecule has 0 spiro atoms. The van der Waals surface area contributed by atoms with Gasteiger partial charge in [-0.3, -0.25) is 4.79 Å². The number of H-pyrrole nitrogens is 1. The summed E-state index contributed by atoms with van der Waals surface area (Å²) in [5, 5.41) is 8.25. The van der Waals surface area contributed by atoms with Gasteiger partial charge in [0.25, 0.3) is 5.91 Å². The molecular weight excluding hydrogens is 336 g/mol. The average Bonchev–Trinajstić information content (AvgIpc) is 3.17. The van der Waals surface area contributed by atoms with Gasteiger partial charge < -0.3 is 20.5 Å². The highest BCUT2D eigenvalue weighted by Crippen LogP contribution is 2.17. The van der Waals surface area contributed by atoms with Gasteiger partial charge in [-0.25, -0.2) is 0 Å². The van der Waals surface area contributed by atoms with E-state index in [1.807, 2.05) is 42.4 Å². The monoisotopic (exact) mass is 370 g/mol. The molecule has 0 radical (unpaired) electrons. The molecule has 1 fully saturated rings. The topological polar surface area (TPSA) is 60.2 Å². The number of aromatic amines is 1. The Morgan fingerprint density at radius 3 is 2.81 bits per heavy atom. The molecule has 2 aromatic rings. The zero-order chi connectivity index (χ0) is 18.9. The molecule has 5 nitrogen and oxygen atoms in total. The van der Waals surface area contributed by atoms with E-state index in [-0.39, 0.29) is 5.91 Å². The maximum Gasteiger partial charge on any atom is 0.253 e. The van der Waals surface area contributed by atoms with Gasteiger partial charge in [0.15, 0.2) is 0 Å². The van der Waals surface area contributed by atoms with Gasteiger partial charge in [0.2, 0.25) is 0 Å². The fourth-order valence-corrected chi connectivity index (χ4v) is 3.90. The maximum absolute atomic E-state index is 12.6. The van der Waals surface area contributed by atoms with Crippen LogP contribution in [0.1, 0.15) is 55.3 Å². The normalized spacial score (nSPS) is 15.3. The summed E-state index contributed by atoms with van der Waals surface area (Å²) < 4.78 is 0. The van der Waals surface area contributed by atoms with Crippen molar-refractivity contribution in [3.63, 3.8) is 0 Å². The number of benzene rings is 1. The lowest BCUT2D eigenvalue weighted by Gasteiger charge is -2.22.